The van der Waals surface area contributed by atoms with Crippen LogP contribution in [0.15, 0.2) is 94.7 Å². The lowest BCUT2D eigenvalue weighted by atomic mass is 9.72. The maximum Gasteiger partial charge on any atom is 0.130 e. The van der Waals surface area contributed by atoms with E-state index >= 15 is 0 Å². The van der Waals surface area contributed by atoms with Gasteiger partial charge in [0.1, 0.15) is 11.5 Å². The Morgan fingerprint density at radius 3 is 1.09 bits per heavy atom. The summed E-state index contributed by atoms with van der Waals surface area (Å²) in [5, 5.41) is 22.2. The Morgan fingerprint density at radius 1 is 0.465 bits per heavy atom. The van der Waals surface area contributed by atoms with Crippen LogP contribution in [-0.4, -0.2) is 10.2 Å². The average molecular weight is 595 g/mol. The van der Waals surface area contributed by atoms with Crippen LogP contribution in [0.2, 0.25) is 0 Å². The van der Waals surface area contributed by atoms with Gasteiger partial charge in [0.2, 0.25) is 0 Å². The minimum absolute atomic E-state index is 0.0510. The molecule has 2 nitrogen and oxygen atoms in total. The molecule has 4 aromatic rings. The molecule has 0 spiro atoms. The van der Waals surface area contributed by atoms with Gasteiger partial charge in [0.15, 0.2) is 0 Å². The van der Waals surface area contributed by atoms with Gasteiger partial charge in [0.25, 0.3) is 0 Å². The average Bonchev–Trinajstić information content (AvgIpc) is 2.88. The van der Waals surface area contributed by atoms with E-state index in [2.05, 4.69) is 118 Å². The molecular formula is C40H50O2S. The Labute approximate surface area is 264 Å². The maximum atomic E-state index is 11.1. The molecule has 2 N–H and O–H groups in total. The molecule has 0 aliphatic carbocycles. The van der Waals surface area contributed by atoms with Crippen molar-refractivity contribution in [1.29, 1.82) is 0 Å². The molecule has 0 aliphatic heterocycles. The van der Waals surface area contributed by atoms with Crippen molar-refractivity contribution in [1.82, 2.24) is 0 Å². The Bertz CT molecular complexity index is 1430. The quantitative estimate of drug-likeness (QED) is 0.213. The van der Waals surface area contributed by atoms with Gasteiger partial charge in [-0.3, -0.25) is 0 Å². The predicted octanol–water partition coefficient (Wildman–Crippen LogP) is 12.0. The van der Waals surface area contributed by atoms with Gasteiger partial charge in [-0.1, -0.05) is 154 Å². The number of phenols is 2. The van der Waals surface area contributed by atoms with Gasteiger partial charge in [-0.05, 0) is 80.0 Å². The van der Waals surface area contributed by atoms with E-state index in [0.29, 0.717) is 0 Å². The molecule has 0 amide bonds. The molecule has 0 radical (unpaired) electrons. The number of hydrogen-bond acceptors (Lipinski definition) is 3. The molecule has 0 atom stereocenters. The summed E-state index contributed by atoms with van der Waals surface area (Å²) in [6.07, 6.45) is 2.16. The largest absolute Gasteiger partial charge is 0.507 e. The van der Waals surface area contributed by atoms with Gasteiger partial charge in [-0.2, -0.15) is 0 Å². The third kappa shape index (κ3) is 8.06. The van der Waals surface area contributed by atoms with Crippen LogP contribution >= 0.6 is 11.8 Å². The number of hydrogen-bond donors (Lipinski definition) is 2. The van der Waals surface area contributed by atoms with Gasteiger partial charge in [-0.25, -0.2) is 0 Å². The lowest BCUT2D eigenvalue weighted by molar-refractivity contribution is 0.283. The molecule has 3 heteroatoms. The monoisotopic (exact) mass is 594 g/mol. The van der Waals surface area contributed by atoms with Gasteiger partial charge < -0.3 is 10.2 Å². The fourth-order valence-corrected chi connectivity index (χ4v) is 8.02. The zero-order valence-corrected chi connectivity index (χ0v) is 28.6. The SMILES string of the molecule is CC(C)(C)CC(C)(C)c1ccc(-c2cccc(O)c2Sc2c(O)cccc2-c2ccc(C(C)(C)CC(C)(C)C)cc2)cc1. The number of aromatic hydroxyl groups is 2. The summed E-state index contributed by atoms with van der Waals surface area (Å²) >= 11 is 1.42. The molecule has 0 bridgehead atoms. The molecule has 0 heterocycles. The first kappa shape index (κ1) is 32.7. The minimum atomic E-state index is 0.0510. The van der Waals surface area contributed by atoms with Gasteiger partial charge in [-0.15, -0.1) is 0 Å². The van der Waals surface area contributed by atoms with Crippen LogP contribution in [0, 0.1) is 10.8 Å². The highest BCUT2D eigenvalue weighted by Crippen LogP contribution is 2.48. The molecule has 228 valence electrons. The molecule has 4 rings (SSSR count). The first-order chi connectivity index (χ1) is 19.9. The first-order valence-electron chi connectivity index (χ1n) is 15.4. The van der Waals surface area contributed by atoms with E-state index in [1.807, 2.05) is 24.3 Å². The van der Waals surface area contributed by atoms with Gasteiger partial charge >= 0.3 is 0 Å². The summed E-state index contributed by atoms with van der Waals surface area (Å²) in [4.78, 5) is 1.46. The third-order valence-corrected chi connectivity index (χ3v) is 9.36. The number of rotatable bonds is 8. The zero-order chi connectivity index (χ0) is 31.8. The lowest BCUT2D eigenvalue weighted by Crippen LogP contribution is -2.24. The van der Waals surface area contributed by atoms with Gasteiger partial charge in [0.05, 0.1) is 9.79 Å². The smallest absolute Gasteiger partial charge is 0.130 e. The third-order valence-electron chi connectivity index (χ3n) is 8.09. The molecule has 0 fully saturated rings. The van der Waals surface area contributed by atoms with Crippen LogP contribution in [-0.2, 0) is 10.8 Å². The number of phenolic OH excluding ortho intramolecular Hbond substituents is 2. The van der Waals surface area contributed by atoms with Crippen LogP contribution in [0.4, 0.5) is 0 Å². The molecule has 0 aliphatic rings. The van der Waals surface area contributed by atoms with Crippen LogP contribution < -0.4 is 0 Å². The second-order valence-corrected chi connectivity index (χ2v) is 16.8. The summed E-state index contributed by atoms with van der Waals surface area (Å²) < 4.78 is 0. The summed E-state index contributed by atoms with van der Waals surface area (Å²) in [6, 6.07) is 28.8. The van der Waals surface area contributed by atoms with Crippen molar-refractivity contribution < 1.29 is 10.2 Å². The van der Waals surface area contributed by atoms with Crippen molar-refractivity contribution in [3.8, 4) is 33.8 Å². The highest BCUT2D eigenvalue weighted by molar-refractivity contribution is 7.99. The molecule has 0 unspecified atom stereocenters. The summed E-state index contributed by atoms with van der Waals surface area (Å²) in [5.41, 5.74) is 7.13. The van der Waals surface area contributed by atoms with E-state index in [9.17, 15) is 10.2 Å². The van der Waals surface area contributed by atoms with E-state index in [0.717, 1.165) is 44.9 Å². The molecule has 0 aromatic heterocycles. The zero-order valence-electron chi connectivity index (χ0n) is 27.8. The van der Waals surface area contributed by atoms with Crippen molar-refractivity contribution in [3.63, 3.8) is 0 Å². The van der Waals surface area contributed by atoms with Crippen molar-refractivity contribution in [2.75, 3.05) is 0 Å². The summed E-state index contributed by atoms with van der Waals surface area (Å²) in [6.45, 7) is 22.9. The van der Waals surface area contributed by atoms with Crippen LogP contribution in [0.3, 0.4) is 0 Å². The van der Waals surface area contributed by atoms with E-state index < -0.39 is 0 Å². The molecule has 43 heavy (non-hydrogen) atoms. The normalized spacial score (nSPS) is 12.9. The van der Waals surface area contributed by atoms with E-state index in [1.54, 1.807) is 12.1 Å². The second kappa shape index (κ2) is 12.1. The Morgan fingerprint density at radius 2 is 0.791 bits per heavy atom. The predicted molar refractivity (Wildman–Crippen MR) is 185 cm³/mol. The van der Waals surface area contributed by atoms with Crippen molar-refractivity contribution in [3.05, 3.63) is 96.1 Å². The fourth-order valence-electron chi connectivity index (χ4n) is 6.88. The summed E-state index contributed by atoms with van der Waals surface area (Å²) in [7, 11) is 0. The van der Waals surface area contributed by atoms with Gasteiger partial charge in [0, 0.05) is 0 Å². The molecule has 0 saturated carbocycles. The van der Waals surface area contributed by atoms with Crippen molar-refractivity contribution in [2.24, 2.45) is 10.8 Å². The maximum absolute atomic E-state index is 11.1. The topological polar surface area (TPSA) is 40.5 Å². The molecular weight excluding hydrogens is 545 g/mol. The molecule has 4 aromatic carbocycles. The lowest BCUT2D eigenvalue weighted by Gasteiger charge is -2.33. The fraction of sp³-hybridized carbons (Fsp3) is 0.400. The van der Waals surface area contributed by atoms with E-state index in [4.69, 9.17) is 0 Å². The Kier molecular flexibility index (Phi) is 9.20. The van der Waals surface area contributed by atoms with Crippen LogP contribution in [0.5, 0.6) is 11.5 Å². The highest BCUT2D eigenvalue weighted by atomic mass is 32.2. The highest BCUT2D eigenvalue weighted by Gasteiger charge is 2.28. The standard InChI is InChI=1S/C40H50O2S/c1-37(2,3)25-39(7,8)29-21-17-27(18-22-29)31-13-11-15-33(41)35(31)43-36-32(14-12-16-34(36)42)28-19-23-30(24-20-28)40(9,10)26-38(4,5)6/h11-24,41-42H,25-26H2,1-10H3. The number of benzene rings is 4. The molecule has 0 saturated heterocycles. The first-order valence-corrected chi connectivity index (χ1v) is 16.2. The minimum Gasteiger partial charge on any atom is -0.507 e. The van der Waals surface area contributed by atoms with Crippen LogP contribution in [0.25, 0.3) is 22.3 Å². The van der Waals surface area contributed by atoms with E-state index in [1.165, 1.54) is 22.9 Å². The Hall–Kier alpha value is -3.17. The van der Waals surface area contributed by atoms with Crippen LogP contribution in [0.1, 0.15) is 93.2 Å². The summed E-state index contributed by atoms with van der Waals surface area (Å²) in [5.74, 6) is 0.404. The second-order valence-electron chi connectivity index (χ2n) is 15.8. The van der Waals surface area contributed by atoms with Crippen molar-refractivity contribution >= 4 is 11.8 Å². The Balaban J connectivity index is 1.69. The van der Waals surface area contributed by atoms with E-state index in [-0.39, 0.29) is 33.2 Å². The van der Waals surface area contributed by atoms with Crippen molar-refractivity contribution in [2.45, 2.75) is 103 Å².